The molecule has 3 aromatic rings. The van der Waals surface area contributed by atoms with Gasteiger partial charge in [-0.15, -0.1) is 0 Å². The molecule has 1 aliphatic heterocycles. The molecule has 0 saturated heterocycles. The highest BCUT2D eigenvalue weighted by Gasteiger charge is 2.20. The second kappa shape index (κ2) is 8.37. The number of methoxy groups -OCH3 is 1. The van der Waals surface area contributed by atoms with Crippen molar-refractivity contribution in [2.24, 2.45) is 0 Å². The zero-order chi connectivity index (χ0) is 18.5. The van der Waals surface area contributed by atoms with Crippen LogP contribution in [0.4, 0.5) is 0 Å². The van der Waals surface area contributed by atoms with E-state index in [-0.39, 0.29) is 0 Å². The molecule has 5 nitrogen and oxygen atoms in total. The zero-order valence-corrected chi connectivity index (χ0v) is 15.6. The number of hydrogen-bond donors (Lipinski definition) is 1. The smallest absolute Gasteiger partial charge is 0.137 e. The van der Waals surface area contributed by atoms with Gasteiger partial charge in [0, 0.05) is 31.6 Å². The maximum absolute atomic E-state index is 5.83. The molecule has 1 aliphatic rings. The van der Waals surface area contributed by atoms with Crippen LogP contribution in [0.15, 0.2) is 54.6 Å². The van der Waals surface area contributed by atoms with E-state index in [9.17, 15) is 0 Å². The largest absolute Gasteiger partial charge is 0.497 e. The molecule has 4 rings (SSSR count). The van der Waals surface area contributed by atoms with Crippen LogP contribution >= 0.6 is 0 Å². The fourth-order valence-corrected chi connectivity index (χ4v) is 3.41. The summed E-state index contributed by atoms with van der Waals surface area (Å²) in [6, 6.07) is 18.3. The second-order valence-electron chi connectivity index (χ2n) is 6.81. The Kier molecular flexibility index (Phi) is 5.51. The SMILES string of the molecule is COc1cccc(-c2nc3c([nH]2)CN(CCOCc2ccccc2)CC3)c1. The van der Waals surface area contributed by atoms with E-state index in [0.717, 1.165) is 49.8 Å². The highest BCUT2D eigenvalue weighted by Crippen LogP contribution is 2.25. The molecule has 1 N–H and O–H groups in total. The first-order chi connectivity index (χ1) is 13.3. The van der Waals surface area contributed by atoms with Crippen molar-refractivity contribution in [3.8, 4) is 17.1 Å². The van der Waals surface area contributed by atoms with Crippen LogP contribution in [0.5, 0.6) is 5.75 Å². The summed E-state index contributed by atoms with van der Waals surface area (Å²) in [6.07, 6.45) is 0.967. The maximum atomic E-state index is 5.83. The average Bonchev–Trinajstić information content (AvgIpc) is 3.15. The van der Waals surface area contributed by atoms with Crippen molar-refractivity contribution in [2.75, 3.05) is 26.8 Å². The summed E-state index contributed by atoms with van der Waals surface area (Å²) in [4.78, 5) is 10.7. The minimum atomic E-state index is 0.671. The molecule has 0 aliphatic carbocycles. The predicted molar refractivity (Wildman–Crippen MR) is 106 cm³/mol. The number of fused-ring (bicyclic) bond motifs is 1. The van der Waals surface area contributed by atoms with E-state index in [2.05, 4.69) is 28.1 Å². The van der Waals surface area contributed by atoms with E-state index in [1.165, 1.54) is 17.0 Å². The van der Waals surface area contributed by atoms with Gasteiger partial charge in [-0.05, 0) is 17.7 Å². The number of hydrogen-bond acceptors (Lipinski definition) is 4. The third-order valence-electron chi connectivity index (χ3n) is 4.92. The minimum absolute atomic E-state index is 0.671. The molecule has 2 aromatic carbocycles. The molecular formula is C22H25N3O2. The number of nitrogens with one attached hydrogen (secondary N) is 1. The van der Waals surface area contributed by atoms with Crippen molar-refractivity contribution in [1.29, 1.82) is 0 Å². The molecule has 0 saturated carbocycles. The van der Waals surface area contributed by atoms with E-state index in [0.29, 0.717) is 6.61 Å². The van der Waals surface area contributed by atoms with Crippen molar-refractivity contribution >= 4 is 0 Å². The normalized spacial score (nSPS) is 14.1. The van der Waals surface area contributed by atoms with Gasteiger partial charge in [-0.25, -0.2) is 4.98 Å². The molecule has 140 valence electrons. The first-order valence-electron chi connectivity index (χ1n) is 9.38. The fourth-order valence-electron chi connectivity index (χ4n) is 3.41. The number of H-pyrrole nitrogens is 1. The monoisotopic (exact) mass is 363 g/mol. The van der Waals surface area contributed by atoms with Crippen LogP contribution in [-0.4, -0.2) is 41.7 Å². The standard InChI is InChI=1S/C22H25N3O2/c1-26-19-9-5-8-18(14-19)22-23-20-10-11-25(15-21(20)24-22)12-13-27-16-17-6-3-2-4-7-17/h2-9,14H,10-13,15-16H2,1H3,(H,23,24). The van der Waals surface area contributed by atoms with Crippen LogP contribution in [0.2, 0.25) is 0 Å². The summed E-state index contributed by atoms with van der Waals surface area (Å²) in [5, 5.41) is 0. The second-order valence-corrected chi connectivity index (χ2v) is 6.81. The van der Waals surface area contributed by atoms with Crippen molar-refractivity contribution in [3.05, 3.63) is 71.5 Å². The third-order valence-corrected chi connectivity index (χ3v) is 4.92. The van der Waals surface area contributed by atoms with Crippen LogP contribution in [0.1, 0.15) is 17.0 Å². The lowest BCUT2D eigenvalue weighted by atomic mass is 10.1. The van der Waals surface area contributed by atoms with Crippen LogP contribution in [0, 0.1) is 0 Å². The highest BCUT2D eigenvalue weighted by atomic mass is 16.5. The molecule has 27 heavy (non-hydrogen) atoms. The van der Waals surface area contributed by atoms with Gasteiger partial charge in [0.1, 0.15) is 11.6 Å². The van der Waals surface area contributed by atoms with E-state index >= 15 is 0 Å². The van der Waals surface area contributed by atoms with Crippen LogP contribution in [0.3, 0.4) is 0 Å². The Hall–Kier alpha value is -2.63. The van der Waals surface area contributed by atoms with Gasteiger partial charge < -0.3 is 14.5 Å². The Morgan fingerprint density at radius 1 is 1.11 bits per heavy atom. The molecule has 0 fully saturated rings. The first-order valence-corrected chi connectivity index (χ1v) is 9.38. The average molecular weight is 363 g/mol. The summed E-state index contributed by atoms with van der Waals surface area (Å²) < 4.78 is 11.1. The number of aromatic nitrogens is 2. The highest BCUT2D eigenvalue weighted by molar-refractivity contribution is 5.58. The van der Waals surface area contributed by atoms with Crippen LogP contribution in [-0.2, 0) is 24.3 Å². The van der Waals surface area contributed by atoms with Crippen LogP contribution < -0.4 is 4.74 Å². The van der Waals surface area contributed by atoms with Crippen molar-refractivity contribution < 1.29 is 9.47 Å². The quantitative estimate of drug-likeness (QED) is 0.651. The molecule has 0 bridgehead atoms. The number of rotatable bonds is 7. The number of imidazole rings is 1. The molecule has 0 radical (unpaired) electrons. The van der Waals surface area contributed by atoms with E-state index < -0.39 is 0 Å². The van der Waals surface area contributed by atoms with Gasteiger partial charge in [-0.2, -0.15) is 0 Å². The molecule has 2 heterocycles. The molecule has 1 aromatic heterocycles. The first kappa shape index (κ1) is 17.8. The van der Waals surface area contributed by atoms with Gasteiger partial charge in [0.25, 0.3) is 0 Å². The van der Waals surface area contributed by atoms with E-state index in [1.54, 1.807) is 7.11 Å². The number of ether oxygens (including phenoxy) is 2. The number of nitrogens with zero attached hydrogens (tertiary/aromatic N) is 2. The molecule has 0 unspecified atom stereocenters. The number of benzene rings is 2. The predicted octanol–water partition coefficient (Wildman–Crippen LogP) is 3.66. The fraction of sp³-hybridized carbons (Fsp3) is 0.318. The maximum Gasteiger partial charge on any atom is 0.137 e. The third kappa shape index (κ3) is 4.38. The molecule has 5 heteroatoms. The molecule has 0 amide bonds. The van der Waals surface area contributed by atoms with Gasteiger partial charge in [0.05, 0.1) is 31.7 Å². The van der Waals surface area contributed by atoms with Gasteiger partial charge in [-0.3, -0.25) is 4.90 Å². The topological polar surface area (TPSA) is 50.4 Å². The van der Waals surface area contributed by atoms with E-state index in [1.807, 2.05) is 36.4 Å². The van der Waals surface area contributed by atoms with Crippen LogP contribution in [0.25, 0.3) is 11.4 Å². The van der Waals surface area contributed by atoms with Gasteiger partial charge in [0.15, 0.2) is 0 Å². The Labute approximate surface area is 160 Å². The molecular weight excluding hydrogens is 338 g/mol. The van der Waals surface area contributed by atoms with Gasteiger partial charge in [0.2, 0.25) is 0 Å². The summed E-state index contributed by atoms with van der Waals surface area (Å²) in [6.45, 7) is 4.25. The summed E-state index contributed by atoms with van der Waals surface area (Å²) in [5.74, 6) is 1.76. The van der Waals surface area contributed by atoms with Crippen molar-refractivity contribution in [3.63, 3.8) is 0 Å². The summed E-state index contributed by atoms with van der Waals surface area (Å²) in [5.41, 5.74) is 4.66. The lowest BCUT2D eigenvalue weighted by molar-refractivity contribution is 0.0880. The Morgan fingerprint density at radius 2 is 2.00 bits per heavy atom. The molecule has 0 spiro atoms. The number of aromatic amines is 1. The Morgan fingerprint density at radius 3 is 2.85 bits per heavy atom. The lowest BCUT2D eigenvalue weighted by Crippen LogP contribution is -2.33. The summed E-state index contributed by atoms with van der Waals surface area (Å²) >= 11 is 0. The van der Waals surface area contributed by atoms with Gasteiger partial charge >= 0.3 is 0 Å². The minimum Gasteiger partial charge on any atom is -0.497 e. The zero-order valence-electron chi connectivity index (χ0n) is 15.6. The van der Waals surface area contributed by atoms with Crippen molar-refractivity contribution in [2.45, 2.75) is 19.6 Å². The van der Waals surface area contributed by atoms with Crippen molar-refractivity contribution in [1.82, 2.24) is 14.9 Å². The van der Waals surface area contributed by atoms with Gasteiger partial charge in [-0.1, -0.05) is 42.5 Å². The Balaban J connectivity index is 1.32. The summed E-state index contributed by atoms with van der Waals surface area (Å²) in [7, 11) is 1.68. The lowest BCUT2D eigenvalue weighted by Gasteiger charge is -2.25. The Bertz CT molecular complexity index is 876. The molecule has 0 atom stereocenters. The van der Waals surface area contributed by atoms with E-state index in [4.69, 9.17) is 14.5 Å².